The first-order valence-electron chi connectivity index (χ1n) is 6.10. The van der Waals surface area contributed by atoms with Crippen LogP contribution in [0.25, 0.3) is 6.08 Å². The van der Waals surface area contributed by atoms with Gasteiger partial charge in [-0.2, -0.15) is 8.78 Å². The van der Waals surface area contributed by atoms with Crippen LogP contribution in [0.15, 0.2) is 30.3 Å². The van der Waals surface area contributed by atoms with E-state index in [-0.39, 0.29) is 16.4 Å². The van der Waals surface area contributed by atoms with Gasteiger partial charge in [0.15, 0.2) is 5.01 Å². The fraction of sp³-hybridized carbons (Fsp3) is 0.154. The number of rotatable bonds is 6. The molecule has 122 valence electrons. The first-order valence-corrected chi connectivity index (χ1v) is 6.92. The van der Waals surface area contributed by atoms with Gasteiger partial charge in [-0.1, -0.05) is 29.5 Å². The van der Waals surface area contributed by atoms with E-state index in [2.05, 4.69) is 20.3 Å². The molecule has 0 spiro atoms. The summed E-state index contributed by atoms with van der Waals surface area (Å²) in [7, 11) is 0. The number of nitrogens with zero attached hydrogens (tertiary/aromatic N) is 2. The van der Waals surface area contributed by atoms with Crippen molar-refractivity contribution in [2.45, 2.75) is 13.0 Å². The molecule has 10 heteroatoms. The monoisotopic (exact) mass is 347 g/mol. The van der Waals surface area contributed by atoms with Crippen LogP contribution in [0.3, 0.4) is 0 Å². The molecule has 0 aliphatic heterocycles. The molecule has 2 rings (SSSR count). The third-order valence-corrected chi connectivity index (χ3v) is 3.25. The van der Waals surface area contributed by atoms with Crippen molar-refractivity contribution in [2.24, 2.45) is 0 Å². The van der Waals surface area contributed by atoms with Crippen molar-refractivity contribution in [3.63, 3.8) is 0 Å². The van der Waals surface area contributed by atoms with Gasteiger partial charge >= 0.3 is 6.61 Å². The molecule has 0 atom stereocenters. The lowest BCUT2D eigenvalue weighted by Gasteiger charge is -2.07. The van der Waals surface area contributed by atoms with Crippen LogP contribution in [0.4, 0.5) is 22.7 Å². The van der Waals surface area contributed by atoms with Crippen LogP contribution < -0.4 is 10.1 Å². The van der Waals surface area contributed by atoms with Crippen molar-refractivity contribution < 1.29 is 27.1 Å². The molecule has 0 bridgehead atoms. The fourth-order valence-corrected chi connectivity index (χ4v) is 2.11. The van der Waals surface area contributed by atoms with Crippen molar-refractivity contribution in [2.75, 3.05) is 5.32 Å². The Bertz CT molecular complexity index is 706. The number of carbonyl (C=O) groups excluding carboxylic acids is 1. The lowest BCUT2D eigenvalue weighted by atomic mass is 10.2. The van der Waals surface area contributed by atoms with Crippen LogP contribution in [0.5, 0.6) is 5.75 Å². The van der Waals surface area contributed by atoms with E-state index < -0.39 is 24.0 Å². The van der Waals surface area contributed by atoms with Gasteiger partial charge in [-0.05, 0) is 12.1 Å². The predicted molar refractivity (Wildman–Crippen MR) is 75.6 cm³/mol. The maximum Gasteiger partial charge on any atom is 0.387 e. The second-order valence-electron chi connectivity index (χ2n) is 3.99. The van der Waals surface area contributed by atoms with E-state index in [1.54, 1.807) is 6.07 Å². The molecule has 0 saturated heterocycles. The Balaban J connectivity index is 2.03. The zero-order valence-electron chi connectivity index (χ0n) is 11.2. The Morgan fingerprint density at radius 2 is 1.96 bits per heavy atom. The number of benzene rings is 1. The van der Waals surface area contributed by atoms with Crippen molar-refractivity contribution in [1.82, 2.24) is 10.2 Å². The molecule has 23 heavy (non-hydrogen) atoms. The molecule has 0 unspecified atom stereocenters. The summed E-state index contributed by atoms with van der Waals surface area (Å²) in [5.41, 5.74) is 0.258. The Morgan fingerprint density at radius 3 is 2.61 bits per heavy atom. The van der Waals surface area contributed by atoms with E-state index in [0.717, 1.165) is 6.08 Å². The number of hydrogen-bond donors (Lipinski definition) is 1. The number of halogens is 4. The van der Waals surface area contributed by atoms with Gasteiger partial charge in [0.1, 0.15) is 5.75 Å². The Labute approximate surface area is 131 Å². The second kappa shape index (κ2) is 7.68. The number of anilines is 1. The molecular formula is C13H9F4N3O2S. The Morgan fingerprint density at radius 1 is 1.22 bits per heavy atom. The minimum atomic E-state index is -2.99. The molecule has 0 fully saturated rings. The molecule has 1 aromatic carbocycles. The zero-order valence-corrected chi connectivity index (χ0v) is 12.1. The largest absolute Gasteiger partial charge is 0.434 e. The van der Waals surface area contributed by atoms with Crippen molar-refractivity contribution in [3.05, 3.63) is 40.9 Å². The van der Waals surface area contributed by atoms with Crippen LogP contribution in [-0.2, 0) is 4.79 Å². The smallest absolute Gasteiger partial charge is 0.387 e. The van der Waals surface area contributed by atoms with Gasteiger partial charge in [0.05, 0.1) is 0 Å². The van der Waals surface area contributed by atoms with Gasteiger partial charge in [-0.15, -0.1) is 10.2 Å². The zero-order chi connectivity index (χ0) is 16.8. The normalized spacial score (nSPS) is 11.4. The van der Waals surface area contributed by atoms with Crippen LogP contribution in [0.2, 0.25) is 0 Å². The summed E-state index contributed by atoms with van der Waals surface area (Å²) >= 11 is 0.541. The number of hydrogen-bond acceptors (Lipinski definition) is 5. The van der Waals surface area contributed by atoms with Gasteiger partial charge in [-0.3, -0.25) is 10.1 Å². The average molecular weight is 347 g/mol. The van der Waals surface area contributed by atoms with Gasteiger partial charge in [0.25, 0.3) is 6.43 Å². The first kappa shape index (κ1) is 16.9. The van der Waals surface area contributed by atoms with E-state index in [1.807, 2.05) is 0 Å². The molecule has 0 radical (unpaired) electrons. The van der Waals surface area contributed by atoms with Gasteiger partial charge in [0.2, 0.25) is 11.0 Å². The molecule has 5 nitrogen and oxygen atoms in total. The topological polar surface area (TPSA) is 64.1 Å². The highest BCUT2D eigenvalue weighted by Crippen LogP contribution is 2.25. The van der Waals surface area contributed by atoms with E-state index in [1.165, 1.54) is 24.3 Å². The number of aromatic nitrogens is 2. The third-order valence-electron chi connectivity index (χ3n) is 2.41. The number of carbonyl (C=O) groups is 1. The lowest BCUT2D eigenvalue weighted by molar-refractivity contribution is -0.111. The second-order valence-corrected chi connectivity index (χ2v) is 4.99. The highest BCUT2D eigenvalue weighted by molar-refractivity contribution is 7.15. The highest BCUT2D eigenvalue weighted by atomic mass is 32.1. The first-order chi connectivity index (χ1) is 11.0. The SMILES string of the molecule is O=C(/C=C/c1ccccc1OC(F)F)Nc1nnc(C(F)F)s1. The summed E-state index contributed by atoms with van der Waals surface area (Å²) in [4.78, 5) is 11.7. The highest BCUT2D eigenvalue weighted by Gasteiger charge is 2.14. The number of nitrogens with one attached hydrogen (secondary N) is 1. The van der Waals surface area contributed by atoms with Crippen LogP contribution in [0, 0.1) is 0 Å². The number of amides is 1. The summed E-state index contributed by atoms with van der Waals surface area (Å²) in [5.74, 6) is -0.767. The minimum Gasteiger partial charge on any atom is -0.434 e. The Hall–Kier alpha value is -2.49. The number of alkyl halides is 4. The van der Waals surface area contributed by atoms with Crippen LogP contribution in [0.1, 0.15) is 17.0 Å². The van der Waals surface area contributed by atoms with Gasteiger partial charge < -0.3 is 4.74 Å². The molecule has 2 aromatic rings. The summed E-state index contributed by atoms with van der Waals surface area (Å²) < 4.78 is 53.5. The molecule has 0 aliphatic carbocycles. The van der Waals surface area contributed by atoms with Gasteiger partial charge in [0, 0.05) is 11.6 Å². The average Bonchev–Trinajstić information content (AvgIpc) is 2.94. The van der Waals surface area contributed by atoms with Crippen molar-refractivity contribution >= 4 is 28.5 Å². The maximum absolute atomic E-state index is 12.3. The quantitative estimate of drug-likeness (QED) is 0.639. The van der Waals surface area contributed by atoms with Crippen molar-refractivity contribution in [3.8, 4) is 5.75 Å². The summed E-state index contributed by atoms with van der Waals surface area (Å²) in [6, 6.07) is 5.88. The number of para-hydroxylation sites is 1. The maximum atomic E-state index is 12.3. The summed E-state index contributed by atoms with van der Waals surface area (Å²) in [5, 5.41) is 8.24. The number of ether oxygens (including phenoxy) is 1. The minimum absolute atomic E-state index is 0.0907. The molecule has 1 aromatic heterocycles. The lowest BCUT2D eigenvalue weighted by Crippen LogP contribution is -2.07. The summed E-state index contributed by atoms with van der Waals surface area (Å²) in [6.45, 7) is -2.99. The van der Waals surface area contributed by atoms with Gasteiger partial charge in [-0.25, -0.2) is 8.78 Å². The molecule has 1 heterocycles. The van der Waals surface area contributed by atoms with Crippen molar-refractivity contribution in [1.29, 1.82) is 0 Å². The third kappa shape index (κ3) is 5.02. The fourth-order valence-electron chi connectivity index (χ4n) is 1.51. The molecule has 0 saturated carbocycles. The van der Waals surface area contributed by atoms with Crippen LogP contribution in [-0.4, -0.2) is 22.7 Å². The molecular weight excluding hydrogens is 338 g/mol. The predicted octanol–water partition coefficient (Wildman–Crippen LogP) is 3.73. The summed E-state index contributed by atoms with van der Waals surface area (Å²) in [6.07, 6.45) is -0.480. The van der Waals surface area contributed by atoms with E-state index in [9.17, 15) is 22.4 Å². The van der Waals surface area contributed by atoms with E-state index in [4.69, 9.17) is 0 Å². The standard InChI is InChI=1S/C13H9F4N3O2S/c14-10(15)11-19-20-13(23-11)18-9(21)6-5-7-3-1-2-4-8(7)22-12(16)17/h1-6,10,12H,(H,18,20,21)/b6-5+. The van der Waals surface area contributed by atoms with Crippen LogP contribution >= 0.6 is 11.3 Å². The molecule has 0 aliphatic rings. The molecule has 1 amide bonds. The van der Waals surface area contributed by atoms with E-state index >= 15 is 0 Å². The Kier molecular flexibility index (Phi) is 5.63. The molecule has 1 N–H and O–H groups in total. The van der Waals surface area contributed by atoms with E-state index in [0.29, 0.717) is 11.3 Å².